The van der Waals surface area contributed by atoms with Gasteiger partial charge in [0, 0.05) is 17.8 Å². The van der Waals surface area contributed by atoms with Gasteiger partial charge in [0.2, 0.25) is 15.9 Å². The van der Waals surface area contributed by atoms with E-state index in [-0.39, 0.29) is 22.2 Å². The molecule has 0 aromatic heterocycles. The fourth-order valence-electron chi connectivity index (χ4n) is 3.43. The molecule has 0 radical (unpaired) electrons. The van der Waals surface area contributed by atoms with Crippen LogP contribution in [0.3, 0.4) is 0 Å². The van der Waals surface area contributed by atoms with E-state index in [1.165, 1.54) is 40.7 Å². The van der Waals surface area contributed by atoms with E-state index in [1.54, 1.807) is 19.1 Å². The van der Waals surface area contributed by atoms with Gasteiger partial charge in [0.15, 0.2) is 9.84 Å². The molecule has 3 rings (SSSR count). The standard InChI is InChI=1S/C20H23ClN2O5S2/c1-14(15-5-9-17(10-6-15)29(2,25)26)22-20(24)19-4-3-13-23(19)30(27,28)18-11-7-16(21)8-12-18/h5-12,14,19H,3-4,13H2,1-2H3,(H,22,24). The Hall–Kier alpha value is -1.94. The Bertz CT molecular complexity index is 1130. The minimum Gasteiger partial charge on any atom is -0.348 e. The van der Waals surface area contributed by atoms with E-state index in [1.807, 2.05) is 0 Å². The van der Waals surface area contributed by atoms with Crippen molar-refractivity contribution in [3.8, 4) is 0 Å². The fraction of sp³-hybridized carbons (Fsp3) is 0.350. The van der Waals surface area contributed by atoms with Gasteiger partial charge in [-0.3, -0.25) is 4.79 Å². The summed E-state index contributed by atoms with van der Waals surface area (Å²) in [5.41, 5.74) is 0.723. The van der Waals surface area contributed by atoms with Crippen molar-refractivity contribution in [3.63, 3.8) is 0 Å². The van der Waals surface area contributed by atoms with Crippen LogP contribution in [0, 0.1) is 0 Å². The zero-order valence-electron chi connectivity index (χ0n) is 16.6. The Labute approximate surface area is 182 Å². The number of sulfonamides is 1. The summed E-state index contributed by atoms with van der Waals surface area (Å²) in [5, 5.41) is 3.27. The fourth-order valence-corrected chi connectivity index (χ4v) is 5.84. The highest BCUT2D eigenvalue weighted by atomic mass is 35.5. The molecule has 2 aromatic rings. The molecule has 10 heteroatoms. The molecule has 162 valence electrons. The lowest BCUT2D eigenvalue weighted by Gasteiger charge is -2.25. The quantitative estimate of drug-likeness (QED) is 0.699. The molecule has 0 spiro atoms. The first kappa shape index (κ1) is 22.7. The van der Waals surface area contributed by atoms with Crippen LogP contribution in [0.4, 0.5) is 0 Å². The first-order valence-electron chi connectivity index (χ1n) is 9.38. The van der Waals surface area contributed by atoms with Gasteiger partial charge < -0.3 is 5.32 Å². The molecular weight excluding hydrogens is 448 g/mol. The maximum atomic E-state index is 13.0. The van der Waals surface area contributed by atoms with Crippen molar-refractivity contribution in [2.45, 2.75) is 41.6 Å². The maximum absolute atomic E-state index is 13.0. The van der Waals surface area contributed by atoms with Crippen molar-refractivity contribution in [1.82, 2.24) is 9.62 Å². The summed E-state index contributed by atoms with van der Waals surface area (Å²) in [6.45, 7) is 2.03. The molecule has 1 N–H and O–H groups in total. The second kappa shape index (κ2) is 8.66. The van der Waals surface area contributed by atoms with E-state index in [4.69, 9.17) is 11.6 Å². The number of carbonyl (C=O) groups excluding carboxylic acids is 1. The summed E-state index contributed by atoms with van der Waals surface area (Å²) >= 11 is 5.84. The van der Waals surface area contributed by atoms with Gasteiger partial charge in [-0.2, -0.15) is 4.31 Å². The second-order valence-electron chi connectivity index (χ2n) is 7.30. The van der Waals surface area contributed by atoms with E-state index >= 15 is 0 Å². The lowest BCUT2D eigenvalue weighted by atomic mass is 10.1. The summed E-state index contributed by atoms with van der Waals surface area (Å²) in [6.07, 6.45) is 2.14. The van der Waals surface area contributed by atoms with Crippen LogP contribution in [0.5, 0.6) is 0 Å². The SMILES string of the molecule is CC(NC(=O)C1CCCN1S(=O)(=O)c1ccc(Cl)cc1)c1ccc(S(C)(=O)=O)cc1. The Kier molecular flexibility index (Phi) is 6.57. The van der Waals surface area contributed by atoms with Gasteiger partial charge in [-0.05, 0) is 61.7 Å². The van der Waals surface area contributed by atoms with Gasteiger partial charge in [-0.1, -0.05) is 23.7 Å². The van der Waals surface area contributed by atoms with Gasteiger partial charge in [0.05, 0.1) is 15.8 Å². The van der Waals surface area contributed by atoms with Crippen molar-refractivity contribution in [3.05, 3.63) is 59.1 Å². The number of halogens is 1. The van der Waals surface area contributed by atoms with Gasteiger partial charge >= 0.3 is 0 Å². The lowest BCUT2D eigenvalue weighted by molar-refractivity contribution is -0.124. The summed E-state index contributed by atoms with van der Waals surface area (Å²) < 4.78 is 50.4. The highest BCUT2D eigenvalue weighted by Gasteiger charge is 2.39. The van der Waals surface area contributed by atoms with E-state index in [0.717, 1.165) is 11.8 Å². The smallest absolute Gasteiger partial charge is 0.243 e. The highest BCUT2D eigenvalue weighted by Crippen LogP contribution is 2.27. The molecule has 0 aliphatic carbocycles. The molecule has 2 unspecified atom stereocenters. The van der Waals surface area contributed by atoms with Crippen LogP contribution < -0.4 is 5.32 Å². The Balaban J connectivity index is 1.75. The molecule has 1 amide bonds. The molecule has 30 heavy (non-hydrogen) atoms. The number of amides is 1. The minimum absolute atomic E-state index is 0.0935. The third-order valence-corrected chi connectivity index (χ3v) is 8.40. The summed E-state index contributed by atoms with van der Waals surface area (Å²) in [5.74, 6) is -0.385. The number of rotatable bonds is 6. The third-order valence-electron chi connectivity index (χ3n) is 5.09. The van der Waals surface area contributed by atoms with Gasteiger partial charge in [-0.15, -0.1) is 0 Å². The average molecular weight is 471 g/mol. The van der Waals surface area contributed by atoms with E-state index in [0.29, 0.717) is 17.9 Å². The van der Waals surface area contributed by atoms with Crippen LogP contribution in [0.2, 0.25) is 5.02 Å². The summed E-state index contributed by atoms with van der Waals surface area (Å²) in [6, 6.07) is 10.9. The van der Waals surface area contributed by atoms with Crippen LogP contribution >= 0.6 is 11.6 Å². The topological polar surface area (TPSA) is 101 Å². The number of hydrogen-bond donors (Lipinski definition) is 1. The molecule has 0 saturated carbocycles. The predicted octanol–water partition coefficient (Wildman–Crippen LogP) is 2.77. The zero-order chi connectivity index (χ0) is 22.1. The van der Waals surface area contributed by atoms with Gasteiger partial charge in [0.25, 0.3) is 0 Å². The molecule has 1 aliphatic rings. The predicted molar refractivity (Wildman–Crippen MR) is 114 cm³/mol. The zero-order valence-corrected chi connectivity index (χ0v) is 19.0. The van der Waals surface area contributed by atoms with Crippen LogP contribution in [0.1, 0.15) is 31.4 Å². The first-order valence-corrected chi connectivity index (χ1v) is 13.1. The van der Waals surface area contributed by atoms with E-state index in [2.05, 4.69) is 5.32 Å². The molecule has 7 nitrogen and oxygen atoms in total. The molecule has 1 fully saturated rings. The average Bonchev–Trinajstić information content (AvgIpc) is 3.18. The number of benzene rings is 2. The molecule has 0 bridgehead atoms. The molecule has 2 atom stereocenters. The first-order chi connectivity index (χ1) is 14.0. The second-order valence-corrected chi connectivity index (χ2v) is 11.6. The van der Waals surface area contributed by atoms with Crippen LogP contribution in [-0.4, -0.2) is 45.9 Å². The summed E-state index contributed by atoms with van der Waals surface area (Å²) in [7, 11) is -7.13. The van der Waals surface area contributed by atoms with Crippen molar-refractivity contribution in [2.24, 2.45) is 0 Å². The van der Waals surface area contributed by atoms with Gasteiger partial charge in [-0.25, -0.2) is 16.8 Å². The number of carbonyl (C=O) groups is 1. The van der Waals surface area contributed by atoms with Crippen LogP contribution in [0.25, 0.3) is 0 Å². The molecule has 1 saturated heterocycles. The molecule has 1 heterocycles. The Morgan fingerprint density at radius 2 is 1.60 bits per heavy atom. The molecule has 2 aromatic carbocycles. The summed E-state index contributed by atoms with van der Waals surface area (Å²) in [4.78, 5) is 13.2. The minimum atomic E-state index is -3.82. The lowest BCUT2D eigenvalue weighted by Crippen LogP contribution is -2.46. The van der Waals surface area contributed by atoms with Crippen molar-refractivity contribution in [1.29, 1.82) is 0 Å². The van der Waals surface area contributed by atoms with Crippen molar-refractivity contribution < 1.29 is 21.6 Å². The molecule has 1 aliphatic heterocycles. The number of nitrogens with zero attached hydrogens (tertiary/aromatic N) is 1. The number of sulfone groups is 1. The number of hydrogen-bond acceptors (Lipinski definition) is 5. The normalized spacial score (nSPS) is 18.8. The highest BCUT2D eigenvalue weighted by molar-refractivity contribution is 7.90. The number of nitrogens with one attached hydrogen (secondary N) is 1. The van der Waals surface area contributed by atoms with E-state index < -0.39 is 31.9 Å². The van der Waals surface area contributed by atoms with Gasteiger partial charge in [0.1, 0.15) is 6.04 Å². The van der Waals surface area contributed by atoms with E-state index in [9.17, 15) is 21.6 Å². The van der Waals surface area contributed by atoms with Crippen LogP contribution in [0.15, 0.2) is 58.3 Å². The van der Waals surface area contributed by atoms with Crippen molar-refractivity contribution in [2.75, 3.05) is 12.8 Å². The van der Waals surface area contributed by atoms with Crippen LogP contribution in [-0.2, 0) is 24.7 Å². The van der Waals surface area contributed by atoms with Crippen molar-refractivity contribution >= 4 is 37.4 Å². The maximum Gasteiger partial charge on any atom is 0.243 e. The largest absolute Gasteiger partial charge is 0.348 e. The monoisotopic (exact) mass is 470 g/mol. The third kappa shape index (κ3) is 4.85. The molecular formula is C20H23ClN2O5S2. The Morgan fingerprint density at radius 3 is 2.17 bits per heavy atom. The Morgan fingerprint density at radius 1 is 1.03 bits per heavy atom.